The lowest BCUT2D eigenvalue weighted by atomic mass is 10.1. The minimum Gasteiger partial charge on any atom is -0.496 e. The second kappa shape index (κ2) is 7.81. The van der Waals surface area contributed by atoms with Crippen LogP contribution >= 0.6 is 0 Å². The molecule has 0 aliphatic heterocycles. The maximum atomic E-state index is 12.4. The van der Waals surface area contributed by atoms with Crippen molar-refractivity contribution in [2.24, 2.45) is 0 Å². The Morgan fingerprint density at radius 1 is 1.47 bits per heavy atom. The molecule has 0 spiro atoms. The first kappa shape index (κ1) is 15.5. The molecule has 0 saturated heterocycles. The van der Waals surface area contributed by atoms with Crippen LogP contribution in [0.1, 0.15) is 15.9 Å². The molecule has 6 heteroatoms. The van der Waals surface area contributed by atoms with Gasteiger partial charge in [-0.05, 0) is 18.2 Å². The van der Waals surface area contributed by atoms with E-state index in [1.165, 1.54) is 12.0 Å². The number of ether oxygens (including phenoxy) is 1. The second-order valence-corrected chi connectivity index (χ2v) is 4.04. The minimum atomic E-state index is -2.48. The van der Waals surface area contributed by atoms with Gasteiger partial charge in [0.25, 0.3) is 6.43 Å². The van der Waals surface area contributed by atoms with Gasteiger partial charge in [-0.1, -0.05) is 0 Å². The first-order valence-corrected chi connectivity index (χ1v) is 5.84. The SMILES string of the molecule is COc1ccc(C=O)cc1CN(CCO)CC(F)F. The molecule has 1 aromatic rings. The number of alkyl halides is 2. The van der Waals surface area contributed by atoms with Crippen molar-refractivity contribution in [3.8, 4) is 5.75 Å². The zero-order valence-electron chi connectivity index (χ0n) is 10.7. The maximum absolute atomic E-state index is 12.4. The Kier molecular flexibility index (Phi) is 6.38. The zero-order valence-corrected chi connectivity index (χ0v) is 10.7. The Labute approximate surface area is 110 Å². The lowest BCUT2D eigenvalue weighted by molar-refractivity contribution is 0.0742. The molecule has 0 heterocycles. The number of carbonyl (C=O) groups excluding carboxylic acids is 1. The normalized spacial score (nSPS) is 11.1. The highest BCUT2D eigenvalue weighted by Gasteiger charge is 2.14. The van der Waals surface area contributed by atoms with E-state index in [4.69, 9.17) is 9.84 Å². The predicted octanol–water partition coefficient (Wildman–Crippen LogP) is 1.57. The molecular formula is C13H17F2NO3. The van der Waals surface area contributed by atoms with Crippen LogP contribution in [-0.2, 0) is 6.54 Å². The molecule has 0 bridgehead atoms. The number of hydrogen-bond acceptors (Lipinski definition) is 4. The molecule has 0 atom stereocenters. The van der Waals surface area contributed by atoms with Crippen LogP contribution in [0.5, 0.6) is 5.75 Å². The van der Waals surface area contributed by atoms with Gasteiger partial charge in [-0.15, -0.1) is 0 Å². The lowest BCUT2D eigenvalue weighted by Crippen LogP contribution is -2.31. The summed E-state index contributed by atoms with van der Waals surface area (Å²) >= 11 is 0. The van der Waals surface area contributed by atoms with Crippen LogP contribution in [0.2, 0.25) is 0 Å². The molecule has 0 unspecified atom stereocenters. The Morgan fingerprint density at radius 2 is 2.21 bits per heavy atom. The summed E-state index contributed by atoms with van der Waals surface area (Å²) in [6, 6.07) is 4.82. The summed E-state index contributed by atoms with van der Waals surface area (Å²) in [6.45, 7) is -0.313. The number of rotatable bonds is 8. The molecule has 0 aliphatic rings. The summed E-state index contributed by atoms with van der Waals surface area (Å²) in [6.07, 6.45) is -1.79. The molecule has 0 aliphatic carbocycles. The third-order valence-corrected chi connectivity index (χ3v) is 2.65. The average molecular weight is 273 g/mol. The van der Waals surface area contributed by atoms with Gasteiger partial charge in [-0.3, -0.25) is 9.69 Å². The molecule has 0 saturated carbocycles. The molecule has 1 N–H and O–H groups in total. The van der Waals surface area contributed by atoms with Crippen LogP contribution in [0.15, 0.2) is 18.2 Å². The maximum Gasteiger partial charge on any atom is 0.251 e. The third kappa shape index (κ3) is 4.92. The number of aliphatic hydroxyl groups is 1. The topological polar surface area (TPSA) is 49.8 Å². The largest absolute Gasteiger partial charge is 0.496 e. The fourth-order valence-corrected chi connectivity index (χ4v) is 1.81. The third-order valence-electron chi connectivity index (χ3n) is 2.65. The van der Waals surface area contributed by atoms with Crippen LogP contribution in [0, 0.1) is 0 Å². The predicted molar refractivity (Wildman–Crippen MR) is 66.7 cm³/mol. The highest BCUT2D eigenvalue weighted by atomic mass is 19.3. The van der Waals surface area contributed by atoms with Gasteiger partial charge < -0.3 is 9.84 Å². The summed E-state index contributed by atoms with van der Waals surface area (Å²) in [5.41, 5.74) is 1.10. The minimum absolute atomic E-state index is 0.138. The first-order valence-electron chi connectivity index (χ1n) is 5.84. The number of aldehydes is 1. The van der Waals surface area contributed by atoms with Crippen LogP contribution < -0.4 is 4.74 Å². The smallest absolute Gasteiger partial charge is 0.251 e. The number of carbonyl (C=O) groups is 1. The Balaban J connectivity index is 2.89. The molecule has 106 valence electrons. The quantitative estimate of drug-likeness (QED) is 0.730. The molecule has 0 fully saturated rings. The van der Waals surface area contributed by atoms with E-state index in [0.717, 1.165) is 0 Å². The number of benzene rings is 1. The van der Waals surface area contributed by atoms with Gasteiger partial charge >= 0.3 is 0 Å². The van der Waals surface area contributed by atoms with Crippen molar-refractivity contribution < 1.29 is 23.4 Å². The van der Waals surface area contributed by atoms with Gasteiger partial charge in [0.05, 0.1) is 20.3 Å². The fourth-order valence-electron chi connectivity index (χ4n) is 1.81. The van der Waals surface area contributed by atoms with Crippen LogP contribution in [0.4, 0.5) is 8.78 Å². The molecular weight excluding hydrogens is 256 g/mol. The van der Waals surface area contributed by atoms with E-state index < -0.39 is 13.0 Å². The van der Waals surface area contributed by atoms with E-state index in [9.17, 15) is 13.6 Å². The van der Waals surface area contributed by atoms with Crippen LogP contribution in [-0.4, -0.2) is 49.5 Å². The van der Waals surface area contributed by atoms with Gasteiger partial charge in [0, 0.05) is 24.2 Å². The molecule has 0 aromatic heterocycles. The van der Waals surface area contributed by atoms with Crippen molar-refractivity contribution in [1.82, 2.24) is 4.90 Å². The van der Waals surface area contributed by atoms with Gasteiger partial charge in [0.1, 0.15) is 12.0 Å². The number of halogens is 2. The van der Waals surface area contributed by atoms with Crippen LogP contribution in [0.25, 0.3) is 0 Å². The van der Waals surface area contributed by atoms with Crippen molar-refractivity contribution in [3.05, 3.63) is 29.3 Å². The van der Waals surface area contributed by atoms with Gasteiger partial charge in [-0.2, -0.15) is 0 Å². The van der Waals surface area contributed by atoms with Crippen molar-refractivity contribution in [2.45, 2.75) is 13.0 Å². The Morgan fingerprint density at radius 3 is 2.74 bits per heavy atom. The molecule has 0 amide bonds. The molecule has 19 heavy (non-hydrogen) atoms. The summed E-state index contributed by atoms with van der Waals surface area (Å²) in [5.74, 6) is 0.530. The van der Waals surface area contributed by atoms with E-state index in [1.807, 2.05) is 0 Å². The van der Waals surface area contributed by atoms with Crippen molar-refractivity contribution in [2.75, 3.05) is 26.8 Å². The lowest BCUT2D eigenvalue weighted by Gasteiger charge is -2.22. The number of nitrogens with zero attached hydrogens (tertiary/aromatic N) is 1. The summed E-state index contributed by atoms with van der Waals surface area (Å²) in [7, 11) is 1.48. The van der Waals surface area contributed by atoms with Gasteiger partial charge in [0.2, 0.25) is 0 Å². The van der Waals surface area contributed by atoms with Crippen molar-refractivity contribution in [1.29, 1.82) is 0 Å². The second-order valence-electron chi connectivity index (χ2n) is 4.04. The van der Waals surface area contributed by atoms with Gasteiger partial charge in [-0.25, -0.2) is 8.78 Å². The van der Waals surface area contributed by atoms with E-state index in [0.29, 0.717) is 23.2 Å². The number of aliphatic hydroxyl groups excluding tert-OH is 1. The first-order chi connectivity index (χ1) is 9.10. The Hall–Kier alpha value is -1.53. The highest BCUT2D eigenvalue weighted by Crippen LogP contribution is 2.21. The van der Waals surface area contributed by atoms with E-state index in [2.05, 4.69) is 0 Å². The fraction of sp³-hybridized carbons (Fsp3) is 0.462. The zero-order chi connectivity index (χ0) is 14.3. The van der Waals surface area contributed by atoms with Crippen molar-refractivity contribution in [3.63, 3.8) is 0 Å². The summed E-state index contributed by atoms with van der Waals surface area (Å²) in [5, 5.41) is 8.88. The molecule has 4 nitrogen and oxygen atoms in total. The highest BCUT2D eigenvalue weighted by molar-refractivity contribution is 5.75. The van der Waals surface area contributed by atoms with Gasteiger partial charge in [0.15, 0.2) is 0 Å². The summed E-state index contributed by atoms with van der Waals surface area (Å²) < 4.78 is 30.0. The van der Waals surface area contributed by atoms with Crippen LogP contribution in [0.3, 0.4) is 0 Å². The molecule has 0 radical (unpaired) electrons. The average Bonchev–Trinajstić information content (AvgIpc) is 2.38. The van der Waals surface area contributed by atoms with E-state index in [-0.39, 0.29) is 19.7 Å². The van der Waals surface area contributed by atoms with E-state index >= 15 is 0 Å². The Bertz CT molecular complexity index is 413. The number of methoxy groups -OCH3 is 1. The standard InChI is InChI=1S/C13H17F2NO3/c1-19-12-3-2-10(9-18)6-11(12)7-16(4-5-17)8-13(14)15/h2-3,6,9,13,17H,4-5,7-8H2,1H3. The van der Waals surface area contributed by atoms with Crippen molar-refractivity contribution >= 4 is 6.29 Å². The molecule has 1 rings (SSSR count). The molecule has 1 aromatic carbocycles. The summed E-state index contributed by atoms with van der Waals surface area (Å²) in [4.78, 5) is 12.1. The van der Waals surface area contributed by atoms with E-state index in [1.54, 1.807) is 18.2 Å². The number of hydrogen-bond donors (Lipinski definition) is 1. The monoisotopic (exact) mass is 273 g/mol.